The molecule has 1 saturated carbocycles. The normalized spacial score (nSPS) is 18.8. The minimum atomic E-state index is -3.42. The topological polar surface area (TPSA) is 105 Å². The van der Waals surface area contributed by atoms with Crippen molar-refractivity contribution in [3.05, 3.63) is 60.5 Å². The second-order valence-electron chi connectivity index (χ2n) is 9.45. The predicted octanol–water partition coefficient (Wildman–Crippen LogP) is 5.26. The molecule has 1 aromatic heterocycles. The maximum atomic E-state index is 12.5. The van der Waals surface area contributed by atoms with E-state index in [4.69, 9.17) is 5.73 Å². The average molecular weight is 510 g/mol. The highest BCUT2D eigenvalue weighted by atomic mass is 32.2. The second kappa shape index (κ2) is 12.7. The van der Waals surface area contributed by atoms with Crippen LogP contribution >= 0.6 is 0 Å². The third-order valence-electron chi connectivity index (χ3n) is 5.94. The fourth-order valence-corrected chi connectivity index (χ4v) is 4.66. The lowest BCUT2D eigenvalue weighted by Crippen LogP contribution is -2.33. The first kappa shape index (κ1) is 29.1. The molecule has 1 fully saturated rings. The van der Waals surface area contributed by atoms with Gasteiger partial charge in [-0.3, -0.25) is 9.40 Å². The standard InChI is InChI=1S/C24H35N5O2S.C4H4/c1-6-8-11-24(4,25)23-26-22(27-28-23)20-14-18(9-10-19-13-17(19)3)15-21(16-20)29(12-7-2)32(5,30)31;1-3-4-2/h6,8-10,14-17,19H,7,11-13,25H2,1-5H3,(H,26,27,28);1,4H,2H2/b8-6+,10-9-;/t17?,19?,24-;/m1./s1. The highest BCUT2D eigenvalue weighted by molar-refractivity contribution is 7.92. The number of sulfonamides is 1. The van der Waals surface area contributed by atoms with Crippen molar-refractivity contribution < 1.29 is 8.42 Å². The lowest BCUT2D eigenvalue weighted by molar-refractivity contribution is 0.470. The number of nitrogens with two attached hydrogens (primary N) is 1. The summed E-state index contributed by atoms with van der Waals surface area (Å²) in [6, 6.07) is 5.74. The van der Waals surface area contributed by atoms with Crippen LogP contribution in [0, 0.1) is 24.2 Å². The van der Waals surface area contributed by atoms with Crippen LogP contribution in [-0.4, -0.2) is 36.4 Å². The Labute approximate surface area is 216 Å². The summed E-state index contributed by atoms with van der Waals surface area (Å²) in [5.74, 6) is 4.58. The number of H-pyrrole nitrogens is 1. The molecule has 3 N–H and O–H groups in total. The summed E-state index contributed by atoms with van der Waals surface area (Å²) >= 11 is 0. The van der Waals surface area contributed by atoms with E-state index < -0.39 is 15.6 Å². The maximum absolute atomic E-state index is 12.5. The number of benzene rings is 1. The van der Waals surface area contributed by atoms with Gasteiger partial charge in [-0.25, -0.2) is 13.4 Å². The van der Waals surface area contributed by atoms with E-state index in [1.807, 2.05) is 51.1 Å². The molecular weight excluding hydrogens is 470 g/mol. The summed E-state index contributed by atoms with van der Waals surface area (Å²) < 4.78 is 26.4. The largest absolute Gasteiger partial charge is 0.319 e. The molecule has 2 aromatic rings. The molecule has 0 radical (unpaired) electrons. The fraction of sp³-hybridized carbons (Fsp3) is 0.429. The fourth-order valence-electron chi connectivity index (χ4n) is 3.65. The van der Waals surface area contributed by atoms with Gasteiger partial charge < -0.3 is 5.73 Å². The number of aromatic amines is 1. The molecule has 0 amide bonds. The smallest absolute Gasteiger partial charge is 0.232 e. The van der Waals surface area contributed by atoms with E-state index in [-0.39, 0.29) is 0 Å². The number of aromatic nitrogens is 3. The Hall–Kier alpha value is -3.15. The molecule has 194 valence electrons. The number of nitrogens with one attached hydrogen (secondary N) is 1. The van der Waals surface area contributed by atoms with Crippen molar-refractivity contribution in [2.75, 3.05) is 17.1 Å². The molecule has 8 heteroatoms. The van der Waals surface area contributed by atoms with Gasteiger partial charge >= 0.3 is 0 Å². The van der Waals surface area contributed by atoms with Crippen molar-refractivity contribution in [2.45, 2.75) is 52.5 Å². The van der Waals surface area contributed by atoms with Crippen LogP contribution in [0.3, 0.4) is 0 Å². The lowest BCUT2D eigenvalue weighted by Gasteiger charge is -2.22. The van der Waals surface area contributed by atoms with Crippen LogP contribution in [0.25, 0.3) is 17.5 Å². The highest BCUT2D eigenvalue weighted by Gasteiger charge is 2.29. The molecule has 1 aromatic carbocycles. The van der Waals surface area contributed by atoms with Gasteiger partial charge in [0.05, 0.1) is 17.5 Å². The Balaban J connectivity index is 0.00000106. The van der Waals surface area contributed by atoms with Crippen molar-refractivity contribution in [1.82, 2.24) is 15.2 Å². The van der Waals surface area contributed by atoms with Crippen LogP contribution in [0.2, 0.25) is 0 Å². The van der Waals surface area contributed by atoms with Crippen LogP contribution in [0.15, 0.2) is 49.1 Å². The molecule has 0 bridgehead atoms. The molecule has 3 atom stereocenters. The number of rotatable bonds is 10. The molecule has 1 aliphatic carbocycles. The van der Waals surface area contributed by atoms with Gasteiger partial charge in [-0.05, 0) is 74.8 Å². The van der Waals surface area contributed by atoms with Gasteiger partial charge in [-0.15, -0.1) is 6.42 Å². The zero-order chi connectivity index (χ0) is 26.9. The Bertz CT molecular complexity index is 1230. The Morgan fingerprint density at radius 2 is 2.06 bits per heavy atom. The number of hydrogen-bond donors (Lipinski definition) is 2. The van der Waals surface area contributed by atoms with E-state index in [0.29, 0.717) is 48.6 Å². The van der Waals surface area contributed by atoms with E-state index >= 15 is 0 Å². The molecule has 7 nitrogen and oxygen atoms in total. The van der Waals surface area contributed by atoms with Crippen molar-refractivity contribution in [3.63, 3.8) is 0 Å². The molecule has 1 heterocycles. The summed E-state index contributed by atoms with van der Waals surface area (Å²) in [7, 11) is -3.42. The van der Waals surface area contributed by atoms with Gasteiger partial charge in [0.2, 0.25) is 10.0 Å². The summed E-state index contributed by atoms with van der Waals surface area (Å²) in [6.07, 6.45) is 18.1. The van der Waals surface area contributed by atoms with Gasteiger partial charge in [0.25, 0.3) is 0 Å². The van der Waals surface area contributed by atoms with E-state index in [9.17, 15) is 8.42 Å². The average Bonchev–Trinajstić information content (AvgIpc) is 3.31. The molecule has 1 aliphatic rings. The van der Waals surface area contributed by atoms with Gasteiger partial charge in [0, 0.05) is 12.1 Å². The first-order valence-electron chi connectivity index (χ1n) is 12.2. The molecular formula is C28H39N5O2S. The van der Waals surface area contributed by atoms with Crippen molar-refractivity contribution in [3.8, 4) is 23.7 Å². The third kappa shape index (κ3) is 8.21. The molecule has 3 rings (SSSR count). The monoisotopic (exact) mass is 509 g/mol. The number of terminal acetylenes is 1. The van der Waals surface area contributed by atoms with Gasteiger partial charge in [-0.1, -0.05) is 50.7 Å². The number of hydrogen-bond acceptors (Lipinski definition) is 5. The summed E-state index contributed by atoms with van der Waals surface area (Å²) in [5.41, 5.74) is 8.05. The Morgan fingerprint density at radius 1 is 1.39 bits per heavy atom. The molecule has 2 unspecified atom stereocenters. The molecule has 36 heavy (non-hydrogen) atoms. The lowest BCUT2D eigenvalue weighted by atomic mass is 9.98. The molecule has 0 saturated heterocycles. The summed E-state index contributed by atoms with van der Waals surface area (Å²) in [4.78, 5) is 4.66. The highest BCUT2D eigenvalue weighted by Crippen LogP contribution is 2.39. The van der Waals surface area contributed by atoms with E-state index in [1.165, 1.54) is 23.1 Å². The SMILES string of the molecule is C#CC=C.C/C=C/C[C@@](C)(N)c1nc(-c2cc(/C=C\C3CC3C)cc(N(CCC)S(C)(=O)=O)c2)n[nH]1. The summed E-state index contributed by atoms with van der Waals surface area (Å²) in [5, 5.41) is 7.37. The Morgan fingerprint density at radius 3 is 2.58 bits per heavy atom. The zero-order valence-electron chi connectivity index (χ0n) is 22.0. The van der Waals surface area contributed by atoms with Crippen molar-refractivity contribution >= 4 is 21.8 Å². The van der Waals surface area contributed by atoms with E-state index in [0.717, 1.165) is 11.1 Å². The van der Waals surface area contributed by atoms with Crippen LogP contribution in [0.1, 0.15) is 58.3 Å². The van der Waals surface area contributed by atoms with E-state index in [2.05, 4.69) is 53.2 Å². The maximum Gasteiger partial charge on any atom is 0.232 e. The summed E-state index contributed by atoms with van der Waals surface area (Å²) in [6.45, 7) is 11.7. The van der Waals surface area contributed by atoms with Gasteiger partial charge in [0.1, 0.15) is 5.82 Å². The Kier molecular flexibility index (Phi) is 10.3. The van der Waals surface area contributed by atoms with Gasteiger partial charge in [-0.2, -0.15) is 5.10 Å². The zero-order valence-corrected chi connectivity index (χ0v) is 22.8. The van der Waals surface area contributed by atoms with Crippen LogP contribution in [-0.2, 0) is 15.6 Å². The van der Waals surface area contributed by atoms with E-state index in [1.54, 1.807) is 0 Å². The van der Waals surface area contributed by atoms with Crippen LogP contribution in [0.4, 0.5) is 5.69 Å². The number of anilines is 1. The second-order valence-corrected chi connectivity index (χ2v) is 11.4. The van der Waals surface area contributed by atoms with Crippen molar-refractivity contribution in [2.24, 2.45) is 17.6 Å². The third-order valence-corrected chi connectivity index (χ3v) is 7.14. The van der Waals surface area contributed by atoms with Gasteiger partial charge in [0.15, 0.2) is 5.82 Å². The molecule has 0 spiro atoms. The number of allylic oxidation sites excluding steroid dienone is 3. The predicted molar refractivity (Wildman–Crippen MR) is 151 cm³/mol. The van der Waals surface area contributed by atoms with Crippen LogP contribution in [0.5, 0.6) is 0 Å². The minimum absolute atomic E-state index is 0.411. The van der Waals surface area contributed by atoms with Crippen LogP contribution < -0.4 is 10.0 Å². The number of nitrogens with zero attached hydrogens (tertiary/aromatic N) is 3. The minimum Gasteiger partial charge on any atom is -0.319 e. The first-order valence-corrected chi connectivity index (χ1v) is 14.0. The van der Waals surface area contributed by atoms with Crippen molar-refractivity contribution in [1.29, 1.82) is 0 Å². The first-order chi connectivity index (χ1) is 17.0. The quantitative estimate of drug-likeness (QED) is 0.336. The molecule has 0 aliphatic heterocycles.